The molecule has 0 saturated heterocycles. The first-order chi connectivity index (χ1) is 9.53. The molecule has 0 spiro atoms. The van der Waals surface area contributed by atoms with Gasteiger partial charge >= 0.3 is 0 Å². The lowest BCUT2D eigenvalue weighted by Gasteiger charge is -2.33. The molecule has 4 nitrogen and oxygen atoms in total. The third kappa shape index (κ3) is 2.80. The van der Waals surface area contributed by atoms with Crippen LogP contribution in [0.15, 0.2) is 22.6 Å². The molecule has 0 radical (unpaired) electrons. The Morgan fingerprint density at radius 1 is 1.35 bits per heavy atom. The van der Waals surface area contributed by atoms with Gasteiger partial charge in [0.2, 0.25) is 5.89 Å². The van der Waals surface area contributed by atoms with Crippen LogP contribution in [0.1, 0.15) is 45.4 Å². The summed E-state index contributed by atoms with van der Waals surface area (Å²) in [6.07, 6.45) is 5.01. The molecule has 4 heteroatoms. The summed E-state index contributed by atoms with van der Waals surface area (Å²) in [6, 6.07) is 5.58. The molecular formula is C16H22N2O2. The lowest BCUT2D eigenvalue weighted by Crippen LogP contribution is -2.26. The van der Waals surface area contributed by atoms with Gasteiger partial charge in [-0.1, -0.05) is 19.9 Å². The average Bonchev–Trinajstić information content (AvgIpc) is 2.82. The standard InChI is InChI=1S/C16H22N2O2/c1-16(2)8-6-11(7-9-16)19-10-14-18-15-12(17)4-3-5-13(15)20-14/h3-5,11H,6-10,17H2,1-2H3. The highest BCUT2D eigenvalue weighted by molar-refractivity contribution is 5.85. The van der Waals surface area contributed by atoms with Gasteiger partial charge in [0, 0.05) is 0 Å². The van der Waals surface area contributed by atoms with Crippen molar-refractivity contribution < 1.29 is 9.15 Å². The van der Waals surface area contributed by atoms with Gasteiger partial charge in [-0.3, -0.25) is 0 Å². The van der Waals surface area contributed by atoms with Gasteiger partial charge in [-0.05, 0) is 43.2 Å². The number of nitrogens with two attached hydrogens (primary N) is 1. The van der Waals surface area contributed by atoms with Gasteiger partial charge < -0.3 is 14.9 Å². The van der Waals surface area contributed by atoms with Crippen molar-refractivity contribution in [2.24, 2.45) is 5.41 Å². The molecule has 1 aromatic carbocycles. The second kappa shape index (κ2) is 5.09. The molecule has 0 aliphatic heterocycles. The van der Waals surface area contributed by atoms with Gasteiger partial charge in [0.25, 0.3) is 0 Å². The highest BCUT2D eigenvalue weighted by Gasteiger charge is 2.27. The molecule has 1 heterocycles. The largest absolute Gasteiger partial charge is 0.438 e. The zero-order valence-electron chi connectivity index (χ0n) is 12.2. The molecule has 0 amide bonds. The summed E-state index contributed by atoms with van der Waals surface area (Å²) in [7, 11) is 0. The predicted octanol–water partition coefficient (Wildman–Crippen LogP) is 3.90. The van der Waals surface area contributed by atoms with Crippen molar-refractivity contribution in [3.8, 4) is 0 Å². The summed E-state index contributed by atoms with van der Waals surface area (Å²) in [4.78, 5) is 4.41. The molecule has 1 aliphatic carbocycles. The number of aromatic nitrogens is 1. The molecule has 1 aromatic heterocycles. The van der Waals surface area contributed by atoms with Crippen LogP contribution in [0.4, 0.5) is 5.69 Å². The Labute approximate surface area is 119 Å². The number of para-hydroxylation sites is 1. The highest BCUT2D eigenvalue weighted by Crippen LogP contribution is 2.36. The lowest BCUT2D eigenvalue weighted by atomic mass is 9.76. The summed E-state index contributed by atoms with van der Waals surface area (Å²) in [6.45, 7) is 5.08. The Bertz CT molecular complexity index is 594. The zero-order valence-corrected chi connectivity index (χ0v) is 12.2. The Kier molecular flexibility index (Phi) is 3.42. The maximum atomic E-state index is 5.93. The first kappa shape index (κ1) is 13.4. The minimum absolute atomic E-state index is 0.329. The number of ether oxygens (including phenoxy) is 1. The Hall–Kier alpha value is -1.55. The van der Waals surface area contributed by atoms with Crippen LogP contribution in [0.3, 0.4) is 0 Å². The van der Waals surface area contributed by atoms with Gasteiger partial charge in [-0.15, -0.1) is 0 Å². The van der Waals surface area contributed by atoms with E-state index in [2.05, 4.69) is 18.8 Å². The average molecular weight is 274 g/mol. The number of fused-ring (bicyclic) bond motifs is 1. The fourth-order valence-electron chi connectivity index (χ4n) is 2.81. The minimum Gasteiger partial charge on any atom is -0.438 e. The number of hydrogen-bond acceptors (Lipinski definition) is 4. The number of hydrogen-bond donors (Lipinski definition) is 1. The van der Waals surface area contributed by atoms with E-state index in [0.29, 0.717) is 29.7 Å². The summed E-state index contributed by atoms with van der Waals surface area (Å²) in [5, 5.41) is 0. The topological polar surface area (TPSA) is 61.3 Å². The zero-order chi connectivity index (χ0) is 14.2. The molecule has 20 heavy (non-hydrogen) atoms. The van der Waals surface area contributed by atoms with Crippen molar-refractivity contribution in [2.45, 2.75) is 52.2 Å². The SMILES string of the molecule is CC1(C)CCC(OCc2nc3c(N)cccc3o2)CC1. The molecule has 1 fully saturated rings. The van der Waals surface area contributed by atoms with Crippen molar-refractivity contribution in [1.29, 1.82) is 0 Å². The molecule has 1 aliphatic rings. The summed E-state index contributed by atoms with van der Waals surface area (Å²) >= 11 is 0. The van der Waals surface area contributed by atoms with E-state index in [1.54, 1.807) is 0 Å². The van der Waals surface area contributed by atoms with Crippen molar-refractivity contribution in [3.05, 3.63) is 24.1 Å². The van der Waals surface area contributed by atoms with Crippen LogP contribution in [0.5, 0.6) is 0 Å². The number of anilines is 1. The second-order valence-electron chi connectivity index (χ2n) is 6.48. The Balaban J connectivity index is 1.62. The fourth-order valence-corrected chi connectivity index (χ4v) is 2.81. The van der Waals surface area contributed by atoms with Crippen LogP contribution >= 0.6 is 0 Å². The molecule has 3 rings (SSSR count). The maximum absolute atomic E-state index is 5.93. The van der Waals surface area contributed by atoms with Crippen LogP contribution in [-0.2, 0) is 11.3 Å². The number of nitrogens with zero attached hydrogens (tertiary/aromatic N) is 1. The van der Waals surface area contributed by atoms with Crippen LogP contribution in [-0.4, -0.2) is 11.1 Å². The number of nitrogen functional groups attached to an aromatic ring is 1. The van der Waals surface area contributed by atoms with Crippen molar-refractivity contribution in [1.82, 2.24) is 4.98 Å². The first-order valence-corrected chi connectivity index (χ1v) is 7.29. The quantitative estimate of drug-likeness (QED) is 0.862. The van der Waals surface area contributed by atoms with Gasteiger partial charge in [0.05, 0.1) is 11.8 Å². The monoisotopic (exact) mass is 274 g/mol. The highest BCUT2D eigenvalue weighted by atomic mass is 16.5. The molecular weight excluding hydrogens is 252 g/mol. The van der Waals surface area contributed by atoms with Crippen LogP contribution in [0.2, 0.25) is 0 Å². The van der Waals surface area contributed by atoms with Crippen LogP contribution in [0, 0.1) is 5.41 Å². The van der Waals surface area contributed by atoms with Crippen LogP contribution in [0.25, 0.3) is 11.1 Å². The molecule has 108 valence electrons. The molecule has 2 aromatic rings. The van der Waals surface area contributed by atoms with Gasteiger partial charge in [-0.2, -0.15) is 0 Å². The molecule has 1 saturated carbocycles. The molecule has 2 N–H and O–H groups in total. The van der Waals surface area contributed by atoms with Crippen LogP contribution < -0.4 is 5.73 Å². The van der Waals surface area contributed by atoms with E-state index in [0.717, 1.165) is 23.9 Å². The summed E-state index contributed by atoms with van der Waals surface area (Å²) in [5.41, 5.74) is 8.45. The number of oxazole rings is 1. The minimum atomic E-state index is 0.329. The fraction of sp³-hybridized carbons (Fsp3) is 0.562. The summed E-state index contributed by atoms with van der Waals surface area (Å²) < 4.78 is 11.6. The number of rotatable bonds is 3. The Morgan fingerprint density at radius 2 is 2.10 bits per heavy atom. The molecule has 0 bridgehead atoms. The normalized spacial score (nSPS) is 19.5. The maximum Gasteiger partial charge on any atom is 0.221 e. The van der Waals surface area contributed by atoms with Crippen molar-refractivity contribution in [3.63, 3.8) is 0 Å². The summed E-state index contributed by atoms with van der Waals surface area (Å²) in [5.74, 6) is 0.614. The second-order valence-corrected chi connectivity index (χ2v) is 6.48. The van der Waals surface area contributed by atoms with E-state index in [-0.39, 0.29) is 0 Å². The lowest BCUT2D eigenvalue weighted by molar-refractivity contribution is -0.0133. The van der Waals surface area contributed by atoms with E-state index >= 15 is 0 Å². The predicted molar refractivity (Wildman–Crippen MR) is 79.2 cm³/mol. The number of benzene rings is 1. The van der Waals surface area contributed by atoms with Gasteiger partial charge in [0.1, 0.15) is 12.1 Å². The third-order valence-corrected chi connectivity index (χ3v) is 4.22. The Morgan fingerprint density at radius 3 is 2.80 bits per heavy atom. The van der Waals surface area contributed by atoms with E-state index in [1.807, 2.05) is 18.2 Å². The van der Waals surface area contributed by atoms with E-state index < -0.39 is 0 Å². The van der Waals surface area contributed by atoms with Crippen molar-refractivity contribution >= 4 is 16.8 Å². The van der Waals surface area contributed by atoms with E-state index in [9.17, 15) is 0 Å². The third-order valence-electron chi connectivity index (χ3n) is 4.22. The van der Waals surface area contributed by atoms with E-state index in [4.69, 9.17) is 14.9 Å². The molecule has 0 unspecified atom stereocenters. The van der Waals surface area contributed by atoms with Crippen molar-refractivity contribution in [2.75, 3.05) is 5.73 Å². The first-order valence-electron chi connectivity index (χ1n) is 7.29. The smallest absolute Gasteiger partial charge is 0.221 e. The van der Waals surface area contributed by atoms with E-state index in [1.165, 1.54) is 12.8 Å². The van der Waals surface area contributed by atoms with Gasteiger partial charge in [-0.25, -0.2) is 4.98 Å². The molecule has 0 atom stereocenters. The van der Waals surface area contributed by atoms with Gasteiger partial charge in [0.15, 0.2) is 5.58 Å².